The number of hydrogen-bond donors (Lipinski definition) is 0. The Balaban J connectivity index is 3.05. The molecule has 0 aliphatic rings. The fourth-order valence-electron chi connectivity index (χ4n) is 6.34. The molecule has 0 heterocycles. The summed E-state index contributed by atoms with van der Waals surface area (Å²) in [4.78, 5) is 0. The molecule has 0 saturated carbocycles. The summed E-state index contributed by atoms with van der Waals surface area (Å²) in [6.45, 7) is 45.6. The Bertz CT molecular complexity index is 1160. The summed E-state index contributed by atoms with van der Waals surface area (Å²) in [6.07, 6.45) is 1.06. The van der Waals surface area contributed by atoms with E-state index in [0.717, 1.165) is 6.42 Å². The first-order chi connectivity index (χ1) is 17.1. The third kappa shape index (κ3) is 7.59. The lowest BCUT2D eigenvalue weighted by atomic mass is 9.63. The SMILES string of the molecule is CC(Cc1c(C(C)(C)C)cc(C(C)(C)C)c(C(C)(C)C)c1C(C)(C)C)c1cc(C(C)(C)C)ccc1C(C)(C)C. The second-order valence-electron chi connectivity index (χ2n) is 18.6. The van der Waals surface area contributed by atoms with E-state index in [4.69, 9.17) is 0 Å². The quantitative estimate of drug-likeness (QED) is 0.369. The van der Waals surface area contributed by atoms with Crippen molar-refractivity contribution in [2.45, 2.75) is 176 Å². The Kier molecular flexibility index (Phi) is 8.94. The molecule has 0 saturated heterocycles. The van der Waals surface area contributed by atoms with Crippen molar-refractivity contribution in [3.8, 4) is 0 Å². The van der Waals surface area contributed by atoms with Gasteiger partial charge in [0.2, 0.25) is 0 Å². The summed E-state index contributed by atoms with van der Waals surface area (Å²) in [5, 5.41) is 0. The molecule has 0 fully saturated rings. The van der Waals surface area contributed by atoms with Crippen LogP contribution >= 0.6 is 0 Å². The molecule has 1 atom stereocenters. The Morgan fingerprint density at radius 1 is 0.462 bits per heavy atom. The maximum absolute atomic E-state index is 2.61. The van der Waals surface area contributed by atoms with Gasteiger partial charge in [-0.25, -0.2) is 0 Å². The minimum absolute atomic E-state index is 0.0407. The fraction of sp³-hybridized carbons (Fsp3) is 0.692. The van der Waals surface area contributed by atoms with E-state index in [-0.39, 0.29) is 32.5 Å². The largest absolute Gasteiger partial charge is 0.0582 e. The van der Waals surface area contributed by atoms with Crippen LogP contribution in [0.3, 0.4) is 0 Å². The van der Waals surface area contributed by atoms with Gasteiger partial charge in [-0.05, 0) is 89.3 Å². The Hall–Kier alpha value is -1.56. The van der Waals surface area contributed by atoms with Crippen molar-refractivity contribution in [3.63, 3.8) is 0 Å². The van der Waals surface area contributed by atoms with Crippen LogP contribution in [0.25, 0.3) is 0 Å². The lowest BCUT2D eigenvalue weighted by Gasteiger charge is -2.41. The van der Waals surface area contributed by atoms with E-state index in [1.807, 2.05) is 0 Å². The third-order valence-electron chi connectivity index (χ3n) is 8.32. The molecule has 2 rings (SSSR count). The van der Waals surface area contributed by atoms with Gasteiger partial charge in [-0.2, -0.15) is 0 Å². The summed E-state index contributed by atoms with van der Waals surface area (Å²) < 4.78 is 0. The van der Waals surface area contributed by atoms with Crippen LogP contribution in [0.5, 0.6) is 0 Å². The molecule has 0 radical (unpaired) electrons. The van der Waals surface area contributed by atoms with Crippen LogP contribution in [0.2, 0.25) is 0 Å². The van der Waals surface area contributed by atoms with Gasteiger partial charge in [0.25, 0.3) is 0 Å². The van der Waals surface area contributed by atoms with E-state index >= 15 is 0 Å². The van der Waals surface area contributed by atoms with Crippen molar-refractivity contribution in [1.82, 2.24) is 0 Å². The first-order valence-corrected chi connectivity index (χ1v) is 15.4. The maximum atomic E-state index is 2.61. The summed E-state index contributed by atoms with van der Waals surface area (Å²) in [5.41, 5.74) is 12.7. The van der Waals surface area contributed by atoms with Crippen LogP contribution in [0, 0.1) is 0 Å². The first kappa shape index (κ1) is 33.6. The molecule has 0 aromatic heterocycles. The fourth-order valence-corrected chi connectivity index (χ4v) is 6.34. The zero-order chi connectivity index (χ0) is 30.7. The molecule has 1 unspecified atom stereocenters. The van der Waals surface area contributed by atoms with Gasteiger partial charge in [-0.15, -0.1) is 0 Å². The lowest BCUT2D eigenvalue weighted by molar-refractivity contribution is 0.481. The smallest absolute Gasteiger partial charge is 0.0126 e. The Morgan fingerprint density at radius 3 is 1.26 bits per heavy atom. The molecular weight excluding hydrogens is 468 g/mol. The van der Waals surface area contributed by atoms with E-state index in [1.165, 1.54) is 27.8 Å². The molecule has 0 bridgehead atoms. The Morgan fingerprint density at radius 2 is 0.897 bits per heavy atom. The van der Waals surface area contributed by atoms with Crippen LogP contribution in [-0.4, -0.2) is 0 Å². The van der Waals surface area contributed by atoms with Crippen molar-refractivity contribution < 1.29 is 0 Å². The van der Waals surface area contributed by atoms with Gasteiger partial charge in [-0.1, -0.05) is 156 Å². The summed E-state index contributed by atoms with van der Waals surface area (Å²) >= 11 is 0. The minimum atomic E-state index is 0.0407. The van der Waals surface area contributed by atoms with E-state index in [0.29, 0.717) is 5.92 Å². The standard InChI is InChI=1S/C39H64/c1-25(27-23-26(34(2,3)4)20-21-29(27)35(5,6)7)22-28-30(36(8,9)10)24-31(37(11,12)13)33(39(17,18)19)32(28)38(14,15)16/h20-21,23-25H,22H2,1-19H3. The molecule has 0 heteroatoms. The van der Waals surface area contributed by atoms with Gasteiger partial charge in [0.15, 0.2) is 0 Å². The Labute approximate surface area is 244 Å². The summed E-state index contributed by atoms with van der Waals surface area (Å²) in [7, 11) is 0. The second-order valence-corrected chi connectivity index (χ2v) is 18.6. The molecule has 0 aliphatic heterocycles. The number of rotatable bonds is 3. The van der Waals surface area contributed by atoms with Crippen LogP contribution in [0.15, 0.2) is 24.3 Å². The molecular formula is C39H64. The summed E-state index contributed by atoms with van der Waals surface area (Å²) in [5.74, 6) is 0.414. The second kappa shape index (κ2) is 10.4. The van der Waals surface area contributed by atoms with Crippen LogP contribution in [0.1, 0.15) is 182 Å². The van der Waals surface area contributed by atoms with Gasteiger partial charge in [0.05, 0.1) is 0 Å². The van der Waals surface area contributed by atoms with Crippen LogP contribution in [-0.2, 0) is 38.9 Å². The van der Waals surface area contributed by atoms with E-state index in [1.54, 1.807) is 16.7 Å². The number of benzene rings is 2. The molecule has 2 aromatic carbocycles. The molecule has 0 aliphatic carbocycles. The van der Waals surface area contributed by atoms with E-state index < -0.39 is 0 Å². The average Bonchev–Trinajstić information content (AvgIpc) is 2.68. The van der Waals surface area contributed by atoms with Crippen molar-refractivity contribution in [3.05, 3.63) is 68.8 Å². The first-order valence-electron chi connectivity index (χ1n) is 15.4. The monoisotopic (exact) mass is 533 g/mol. The van der Waals surface area contributed by atoms with Crippen molar-refractivity contribution in [1.29, 1.82) is 0 Å². The van der Waals surface area contributed by atoms with Gasteiger partial charge in [-0.3, -0.25) is 0 Å². The van der Waals surface area contributed by atoms with Gasteiger partial charge >= 0.3 is 0 Å². The van der Waals surface area contributed by atoms with E-state index in [2.05, 4.69) is 156 Å². The van der Waals surface area contributed by atoms with Crippen molar-refractivity contribution in [2.75, 3.05) is 0 Å². The highest BCUT2D eigenvalue weighted by Crippen LogP contribution is 2.47. The predicted octanol–water partition coefficient (Wildman–Crippen LogP) is 11.8. The molecule has 0 amide bonds. The topological polar surface area (TPSA) is 0 Å². The lowest BCUT2D eigenvalue weighted by Crippen LogP contribution is -2.32. The van der Waals surface area contributed by atoms with Crippen LogP contribution < -0.4 is 0 Å². The van der Waals surface area contributed by atoms with Gasteiger partial charge in [0.1, 0.15) is 0 Å². The average molecular weight is 533 g/mol. The third-order valence-corrected chi connectivity index (χ3v) is 8.32. The van der Waals surface area contributed by atoms with Crippen molar-refractivity contribution >= 4 is 0 Å². The van der Waals surface area contributed by atoms with Gasteiger partial charge < -0.3 is 0 Å². The molecule has 0 spiro atoms. The zero-order valence-electron chi connectivity index (χ0n) is 29.6. The van der Waals surface area contributed by atoms with E-state index in [9.17, 15) is 0 Å². The van der Waals surface area contributed by atoms with Gasteiger partial charge in [0, 0.05) is 0 Å². The highest BCUT2D eigenvalue weighted by atomic mass is 14.4. The summed E-state index contributed by atoms with van der Waals surface area (Å²) in [6, 6.07) is 9.93. The molecule has 39 heavy (non-hydrogen) atoms. The normalized spacial score (nSPS) is 15.1. The number of hydrogen-bond acceptors (Lipinski definition) is 0. The van der Waals surface area contributed by atoms with Crippen LogP contribution in [0.4, 0.5) is 0 Å². The van der Waals surface area contributed by atoms with Crippen molar-refractivity contribution in [2.24, 2.45) is 0 Å². The maximum Gasteiger partial charge on any atom is -0.0126 e. The molecule has 2 aromatic rings. The minimum Gasteiger partial charge on any atom is -0.0582 e. The zero-order valence-corrected chi connectivity index (χ0v) is 29.6. The predicted molar refractivity (Wildman–Crippen MR) is 177 cm³/mol. The highest BCUT2D eigenvalue weighted by molar-refractivity contribution is 5.57. The highest BCUT2D eigenvalue weighted by Gasteiger charge is 2.37. The molecule has 0 nitrogen and oxygen atoms in total. The molecule has 0 N–H and O–H groups in total. The molecule has 220 valence electrons.